The Bertz CT molecular complexity index is 513. The van der Waals surface area contributed by atoms with Crippen LogP contribution in [0.4, 0.5) is 16.2 Å². The molecule has 6 nitrogen and oxygen atoms in total. The average molecular weight is 320 g/mol. The predicted octanol–water partition coefficient (Wildman–Crippen LogP) is 1.67. The van der Waals surface area contributed by atoms with Crippen LogP contribution in [0.3, 0.4) is 0 Å². The van der Waals surface area contributed by atoms with Gasteiger partial charge < -0.3 is 25.1 Å². The highest BCUT2D eigenvalue weighted by molar-refractivity contribution is 5.93. The molecule has 1 saturated heterocycles. The number of benzene rings is 1. The molecule has 0 spiro atoms. The van der Waals surface area contributed by atoms with Crippen molar-refractivity contribution in [2.24, 2.45) is 0 Å². The number of para-hydroxylation sites is 2. The first kappa shape index (κ1) is 17.6. The summed E-state index contributed by atoms with van der Waals surface area (Å²) in [4.78, 5) is 18.5. The van der Waals surface area contributed by atoms with Gasteiger partial charge in [-0.05, 0) is 32.5 Å². The first-order valence-electron chi connectivity index (χ1n) is 8.20. The molecule has 1 heterocycles. The van der Waals surface area contributed by atoms with Crippen LogP contribution in [0.1, 0.15) is 13.3 Å². The molecule has 2 amide bonds. The van der Waals surface area contributed by atoms with E-state index in [1.165, 1.54) is 0 Å². The Kier molecular flexibility index (Phi) is 6.24. The van der Waals surface area contributed by atoms with Crippen molar-refractivity contribution in [1.29, 1.82) is 0 Å². The molecule has 23 heavy (non-hydrogen) atoms. The van der Waals surface area contributed by atoms with E-state index in [0.29, 0.717) is 13.0 Å². The Labute approximate surface area is 138 Å². The van der Waals surface area contributed by atoms with Crippen LogP contribution in [0.5, 0.6) is 0 Å². The molecule has 1 aromatic carbocycles. The van der Waals surface area contributed by atoms with Crippen LogP contribution in [0.2, 0.25) is 0 Å². The molecule has 1 aromatic rings. The minimum Gasteiger partial charge on any atom is -0.393 e. The van der Waals surface area contributed by atoms with Crippen LogP contribution >= 0.6 is 0 Å². The fourth-order valence-electron chi connectivity index (χ4n) is 2.60. The fourth-order valence-corrected chi connectivity index (χ4v) is 2.60. The third-order valence-corrected chi connectivity index (χ3v) is 4.22. The number of hydrogen-bond acceptors (Lipinski definition) is 4. The molecule has 0 radical (unpaired) electrons. The van der Waals surface area contributed by atoms with Crippen molar-refractivity contribution in [3.8, 4) is 0 Å². The summed E-state index contributed by atoms with van der Waals surface area (Å²) >= 11 is 0. The van der Waals surface area contributed by atoms with Gasteiger partial charge in [-0.15, -0.1) is 0 Å². The minimum atomic E-state index is -0.400. The molecule has 1 aliphatic rings. The smallest absolute Gasteiger partial charge is 0.321 e. The number of carbonyl (C=O) groups excluding carboxylic acids is 1. The number of aliphatic hydroxyl groups excluding tert-OH is 1. The van der Waals surface area contributed by atoms with E-state index in [1.54, 1.807) is 18.9 Å². The average Bonchev–Trinajstić information content (AvgIpc) is 2.54. The lowest BCUT2D eigenvalue weighted by atomic mass is 10.2. The standard InChI is InChI=1S/C17H28N4O2/c1-14(22)8-9-20(3)17(23)18-15-6-4-5-7-16(15)21-12-10-19(2)11-13-21/h4-7,14,22H,8-13H2,1-3H3,(H,18,23). The highest BCUT2D eigenvalue weighted by atomic mass is 16.3. The second kappa shape index (κ2) is 8.17. The highest BCUT2D eigenvalue weighted by Crippen LogP contribution is 2.26. The van der Waals surface area contributed by atoms with Crippen molar-refractivity contribution in [3.05, 3.63) is 24.3 Å². The van der Waals surface area contributed by atoms with Gasteiger partial charge in [0, 0.05) is 39.8 Å². The second-order valence-electron chi connectivity index (χ2n) is 6.30. The van der Waals surface area contributed by atoms with Crippen molar-refractivity contribution < 1.29 is 9.90 Å². The van der Waals surface area contributed by atoms with Crippen molar-refractivity contribution in [2.45, 2.75) is 19.4 Å². The lowest BCUT2D eigenvalue weighted by Crippen LogP contribution is -2.45. The Morgan fingerprint density at radius 2 is 1.96 bits per heavy atom. The Hall–Kier alpha value is -1.79. The lowest BCUT2D eigenvalue weighted by Gasteiger charge is -2.35. The van der Waals surface area contributed by atoms with E-state index in [-0.39, 0.29) is 6.03 Å². The second-order valence-corrected chi connectivity index (χ2v) is 6.30. The molecule has 128 valence electrons. The summed E-state index contributed by atoms with van der Waals surface area (Å²) in [7, 11) is 3.87. The number of piperazine rings is 1. The SMILES string of the molecule is CC(O)CCN(C)C(=O)Nc1ccccc1N1CCN(C)CC1. The number of anilines is 2. The van der Waals surface area contributed by atoms with Crippen molar-refractivity contribution in [1.82, 2.24) is 9.80 Å². The summed E-state index contributed by atoms with van der Waals surface area (Å²) < 4.78 is 0. The van der Waals surface area contributed by atoms with Gasteiger partial charge in [-0.3, -0.25) is 0 Å². The zero-order valence-corrected chi connectivity index (χ0v) is 14.3. The molecular weight excluding hydrogens is 292 g/mol. The van der Waals surface area contributed by atoms with E-state index < -0.39 is 6.10 Å². The first-order valence-corrected chi connectivity index (χ1v) is 8.20. The van der Waals surface area contributed by atoms with Crippen molar-refractivity contribution in [3.63, 3.8) is 0 Å². The lowest BCUT2D eigenvalue weighted by molar-refractivity contribution is 0.167. The minimum absolute atomic E-state index is 0.146. The predicted molar refractivity (Wildman–Crippen MR) is 94.1 cm³/mol. The van der Waals surface area contributed by atoms with Crippen LogP contribution in [0.15, 0.2) is 24.3 Å². The molecule has 0 aliphatic carbocycles. The summed E-state index contributed by atoms with van der Waals surface area (Å²) in [5, 5.41) is 12.3. The molecule has 2 N–H and O–H groups in total. The van der Waals surface area contributed by atoms with E-state index in [9.17, 15) is 9.90 Å². The van der Waals surface area contributed by atoms with E-state index in [4.69, 9.17) is 0 Å². The number of nitrogens with one attached hydrogen (secondary N) is 1. The van der Waals surface area contributed by atoms with E-state index in [2.05, 4.69) is 28.2 Å². The van der Waals surface area contributed by atoms with Crippen LogP contribution in [0, 0.1) is 0 Å². The Balaban J connectivity index is 2.01. The molecule has 2 rings (SSSR count). The molecule has 0 aromatic heterocycles. The van der Waals surface area contributed by atoms with Gasteiger partial charge in [-0.1, -0.05) is 12.1 Å². The van der Waals surface area contributed by atoms with E-state index >= 15 is 0 Å². The van der Waals surface area contributed by atoms with E-state index in [1.807, 2.05) is 18.2 Å². The highest BCUT2D eigenvalue weighted by Gasteiger charge is 2.18. The van der Waals surface area contributed by atoms with Crippen LogP contribution < -0.4 is 10.2 Å². The third kappa shape index (κ3) is 5.11. The molecule has 1 unspecified atom stereocenters. The summed E-state index contributed by atoms with van der Waals surface area (Å²) in [5.41, 5.74) is 1.91. The number of urea groups is 1. The largest absolute Gasteiger partial charge is 0.393 e. The van der Waals surface area contributed by atoms with Crippen molar-refractivity contribution in [2.75, 3.05) is 57.0 Å². The maximum Gasteiger partial charge on any atom is 0.321 e. The maximum atomic E-state index is 12.3. The summed E-state index contributed by atoms with van der Waals surface area (Å²) in [6.07, 6.45) is 0.173. The number of carbonyl (C=O) groups is 1. The van der Waals surface area contributed by atoms with Crippen LogP contribution in [-0.4, -0.2) is 73.9 Å². The Morgan fingerprint density at radius 3 is 2.61 bits per heavy atom. The number of nitrogens with zero attached hydrogens (tertiary/aromatic N) is 3. The molecule has 0 bridgehead atoms. The molecule has 1 atom stereocenters. The number of hydrogen-bond donors (Lipinski definition) is 2. The number of aliphatic hydroxyl groups is 1. The molecule has 0 saturated carbocycles. The maximum absolute atomic E-state index is 12.3. The van der Waals surface area contributed by atoms with E-state index in [0.717, 1.165) is 37.6 Å². The summed E-state index contributed by atoms with van der Waals surface area (Å²) in [6, 6.07) is 7.78. The summed E-state index contributed by atoms with van der Waals surface area (Å²) in [5.74, 6) is 0. The molecule has 1 aliphatic heterocycles. The van der Waals surface area contributed by atoms with Crippen LogP contribution in [0.25, 0.3) is 0 Å². The van der Waals surface area contributed by atoms with Gasteiger partial charge in [0.1, 0.15) is 0 Å². The van der Waals surface area contributed by atoms with Gasteiger partial charge >= 0.3 is 6.03 Å². The number of amides is 2. The van der Waals surface area contributed by atoms with Crippen LogP contribution in [-0.2, 0) is 0 Å². The summed E-state index contributed by atoms with van der Waals surface area (Å²) in [6.45, 7) is 6.23. The number of likely N-dealkylation sites (N-methyl/N-ethyl adjacent to an activating group) is 1. The Morgan fingerprint density at radius 1 is 1.30 bits per heavy atom. The van der Waals surface area contributed by atoms with Gasteiger partial charge in [0.15, 0.2) is 0 Å². The topological polar surface area (TPSA) is 59.1 Å². The molecule has 6 heteroatoms. The quantitative estimate of drug-likeness (QED) is 0.866. The van der Waals surface area contributed by atoms with Crippen molar-refractivity contribution >= 4 is 17.4 Å². The van der Waals surface area contributed by atoms with Gasteiger partial charge in [0.05, 0.1) is 17.5 Å². The van der Waals surface area contributed by atoms with Gasteiger partial charge in [-0.25, -0.2) is 4.79 Å². The zero-order chi connectivity index (χ0) is 16.8. The monoisotopic (exact) mass is 320 g/mol. The first-order chi connectivity index (χ1) is 11.0. The molecular formula is C17H28N4O2. The normalized spacial score (nSPS) is 17.0. The zero-order valence-electron chi connectivity index (χ0n) is 14.3. The van der Waals surface area contributed by atoms with Gasteiger partial charge in [0.2, 0.25) is 0 Å². The fraction of sp³-hybridized carbons (Fsp3) is 0.588. The third-order valence-electron chi connectivity index (χ3n) is 4.22. The van der Waals surface area contributed by atoms with Gasteiger partial charge in [-0.2, -0.15) is 0 Å². The van der Waals surface area contributed by atoms with Gasteiger partial charge in [0.25, 0.3) is 0 Å². The number of rotatable bonds is 5. The molecule has 1 fully saturated rings.